The number of hydrogen-bond donors (Lipinski definition) is 1. The molecule has 0 bridgehead atoms. The van der Waals surface area contributed by atoms with E-state index in [1.54, 1.807) is 12.1 Å². The van der Waals surface area contributed by atoms with Gasteiger partial charge in [-0.3, -0.25) is 0 Å². The van der Waals surface area contributed by atoms with Crippen molar-refractivity contribution in [2.24, 2.45) is 5.92 Å². The summed E-state index contributed by atoms with van der Waals surface area (Å²) >= 11 is 0. The number of rotatable bonds is 4. The molecule has 0 amide bonds. The lowest BCUT2D eigenvalue weighted by Crippen LogP contribution is -2.05. The van der Waals surface area contributed by atoms with Gasteiger partial charge in [0, 0.05) is 0 Å². The average molecular weight is 274 g/mol. The minimum absolute atomic E-state index is 0.0358. The molecule has 1 saturated carbocycles. The Kier molecular flexibility index (Phi) is 5.36. The molecule has 1 aliphatic rings. The molecule has 1 aromatic carbocycles. The molecule has 2 rings (SSSR count). The van der Waals surface area contributed by atoms with Crippen molar-refractivity contribution < 1.29 is 14.6 Å². The van der Waals surface area contributed by atoms with Crippen LogP contribution in [0.15, 0.2) is 30.3 Å². The van der Waals surface area contributed by atoms with Gasteiger partial charge in [0.05, 0.1) is 19.3 Å². The van der Waals surface area contributed by atoms with Crippen molar-refractivity contribution in [1.82, 2.24) is 0 Å². The lowest BCUT2D eigenvalue weighted by molar-refractivity contribution is 0.0600. The second-order valence-corrected chi connectivity index (χ2v) is 5.32. The first kappa shape index (κ1) is 14.8. The molecule has 1 aliphatic carbocycles. The van der Waals surface area contributed by atoms with E-state index in [4.69, 9.17) is 0 Å². The summed E-state index contributed by atoms with van der Waals surface area (Å²) in [5.41, 5.74) is 2.46. The number of aliphatic hydroxyl groups is 1. The fourth-order valence-electron chi connectivity index (χ4n) is 2.76. The zero-order chi connectivity index (χ0) is 14.4. The van der Waals surface area contributed by atoms with Crippen molar-refractivity contribution in [3.8, 4) is 0 Å². The van der Waals surface area contributed by atoms with E-state index < -0.39 is 0 Å². The fraction of sp³-hybridized carbons (Fsp3) is 0.471. The maximum atomic E-state index is 11.4. The summed E-state index contributed by atoms with van der Waals surface area (Å²) in [6.45, 7) is 0.0358. The molecule has 1 fully saturated rings. The lowest BCUT2D eigenvalue weighted by Gasteiger charge is -2.19. The topological polar surface area (TPSA) is 46.5 Å². The van der Waals surface area contributed by atoms with Crippen LogP contribution in [0.2, 0.25) is 0 Å². The Hall–Kier alpha value is -1.61. The van der Waals surface area contributed by atoms with Crippen LogP contribution in [0.25, 0.3) is 5.57 Å². The molecule has 0 heterocycles. The second-order valence-electron chi connectivity index (χ2n) is 5.32. The molecule has 20 heavy (non-hydrogen) atoms. The van der Waals surface area contributed by atoms with Crippen LogP contribution in [0.3, 0.4) is 0 Å². The van der Waals surface area contributed by atoms with Crippen LogP contribution in [0, 0.1) is 5.92 Å². The number of carbonyl (C=O) groups excluding carboxylic acids is 1. The Morgan fingerprint density at radius 1 is 1.20 bits per heavy atom. The van der Waals surface area contributed by atoms with Crippen LogP contribution >= 0.6 is 0 Å². The first-order valence-corrected chi connectivity index (χ1v) is 7.25. The van der Waals surface area contributed by atoms with E-state index in [-0.39, 0.29) is 12.6 Å². The highest BCUT2D eigenvalue weighted by molar-refractivity contribution is 5.89. The predicted molar refractivity (Wildman–Crippen MR) is 79.4 cm³/mol. The normalized spacial score (nSPS) is 17.0. The number of aliphatic hydroxyl groups excluding tert-OH is 1. The zero-order valence-electron chi connectivity index (χ0n) is 12.0. The van der Waals surface area contributed by atoms with Crippen LogP contribution in [-0.4, -0.2) is 24.8 Å². The number of benzene rings is 1. The molecular weight excluding hydrogens is 252 g/mol. The Labute approximate surface area is 120 Å². The Morgan fingerprint density at radius 2 is 1.80 bits per heavy atom. The van der Waals surface area contributed by atoms with Gasteiger partial charge in [-0.15, -0.1) is 0 Å². The van der Waals surface area contributed by atoms with Gasteiger partial charge in [-0.25, -0.2) is 4.79 Å². The molecule has 0 spiro atoms. The van der Waals surface area contributed by atoms with E-state index >= 15 is 0 Å². The molecule has 0 aromatic heterocycles. The first-order chi connectivity index (χ1) is 9.74. The predicted octanol–water partition coefficient (Wildman–Crippen LogP) is 3.43. The van der Waals surface area contributed by atoms with Gasteiger partial charge in [-0.2, -0.15) is 0 Å². The smallest absolute Gasteiger partial charge is 0.337 e. The molecule has 3 nitrogen and oxygen atoms in total. The van der Waals surface area contributed by atoms with Crippen LogP contribution in [0.4, 0.5) is 0 Å². The zero-order valence-corrected chi connectivity index (χ0v) is 12.0. The standard InChI is InChI=1S/C17H22O3/c1-20-17(19)15-9-7-14(8-10-15)16(12-18)11-13-5-3-2-4-6-13/h7-11,13,18H,2-6,12H2,1H3/b16-11+. The van der Waals surface area contributed by atoms with Gasteiger partial charge < -0.3 is 9.84 Å². The first-order valence-electron chi connectivity index (χ1n) is 7.25. The van der Waals surface area contributed by atoms with Gasteiger partial charge in [-0.1, -0.05) is 37.5 Å². The molecule has 0 atom stereocenters. The summed E-state index contributed by atoms with van der Waals surface area (Å²) in [6.07, 6.45) is 8.51. The highest BCUT2D eigenvalue weighted by Crippen LogP contribution is 2.28. The Morgan fingerprint density at radius 3 is 2.35 bits per heavy atom. The average Bonchev–Trinajstić information content (AvgIpc) is 2.53. The van der Waals surface area contributed by atoms with Crippen molar-refractivity contribution in [3.63, 3.8) is 0 Å². The van der Waals surface area contributed by atoms with Crippen molar-refractivity contribution >= 4 is 11.5 Å². The van der Waals surface area contributed by atoms with Crippen LogP contribution in [0.1, 0.15) is 48.0 Å². The molecular formula is C17H22O3. The molecule has 0 aliphatic heterocycles. The van der Waals surface area contributed by atoms with Crippen molar-refractivity contribution in [3.05, 3.63) is 41.5 Å². The van der Waals surface area contributed by atoms with Crippen LogP contribution in [-0.2, 0) is 4.74 Å². The van der Waals surface area contributed by atoms with Gasteiger partial charge in [0.1, 0.15) is 0 Å². The van der Waals surface area contributed by atoms with Crippen molar-refractivity contribution in [2.45, 2.75) is 32.1 Å². The van der Waals surface area contributed by atoms with Gasteiger partial charge in [-0.05, 0) is 42.0 Å². The number of esters is 1. The summed E-state index contributed by atoms with van der Waals surface area (Å²) in [5, 5.41) is 9.57. The quantitative estimate of drug-likeness (QED) is 0.856. The summed E-state index contributed by atoms with van der Waals surface area (Å²) in [5.74, 6) is 0.240. The summed E-state index contributed by atoms with van der Waals surface area (Å²) in [4.78, 5) is 11.4. The van der Waals surface area contributed by atoms with Gasteiger partial charge in [0.15, 0.2) is 0 Å². The van der Waals surface area contributed by atoms with Gasteiger partial charge in [0.25, 0.3) is 0 Å². The van der Waals surface area contributed by atoms with E-state index in [1.165, 1.54) is 39.2 Å². The summed E-state index contributed by atoms with van der Waals surface area (Å²) < 4.78 is 4.68. The number of methoxy groups -OCH3 is 1. The second kappa shape index (κ2) is 7.25. The molecule has 0 saturated heterocycles. The SMILES string of the molecule is COC(=O)c1ccc(/C(=C/C2CCCCC2)CO)cc1. The van der Waals surface area contributed by atoms with E-state index in [0.29, 0.717) is 11.5 Å². The monoisotopic (exact) mass is 274 g/mol. The van der Waals surface area contributed by atoms with Gasteiger partial charge >= 0.3 is 5.97 Å². The molecule has 3 heteroatoms. The number of hydrogen-bond acceptors (Lipinski definition) is 3. The fourth-order valence-corrected chi connectivity index (χ4v) is 2.76. The number of allylic oxidation sites excluding steroid dienone is 1. The van der Waals surface area contributed by atoms with E-state index in [0.717, 1.165) is 11.1 Å². The number of ether oxygens (including phenoxy) is 1. The number of carbonyl (C=O) groups is 1. The molecule has 1 N–H and O–H groups in total. The minimum Gasteiger partial charge on any atom is -0.465 e. The molecule has 0 radical (unpaired) electrons. The van der Waals surface area contributed by atoms with Gasteiger partial charge in [0.2, 0.25) is 0 Å². The Bertz CT molecular complexity index is 468. The van der Waals surface area contributed by atoms with E-state index in [1.807, 2.05) is 12.1 Å². The third kappa shape index (κ3) is 3.70. The third-order valence-electron chi connectivity index (χ3n) is 3.93. The van der Waals surface area contributed by atoms with Crippen molar-refractivity contribution in [2.75, 3.05) is 13.7 Å². The van der Waals surface area contributed by atoms with E-state index in [9.17, 15) is 9.90 Å². The summed E-state index contributed by atoms with van der Waals surface area (Å²) in [6, 6.07) is 7.23. The highest BCUT2D eigenvalue weighted by atomic mass is 16.5. The summed E-state index contributed by atoms with van der Waals surface area (Å²) in [7, 11) is 1.37. The maximum Gasteiger partial charge on any atom is 0.337 e. The maximum absolute atomic E-state index is 11.4. The lowest BCUT2D eigenvalue weighted by atomic mass is 9.87. The Balaban J connectivity index is 2.14. The molecule has 1 aromatic rings. The van der Waals surface area contributed by atoms with Crippen LogP contribution in [0.5, 0.6) is 0 Å². The molecule has 0 unspecified atom stereocenters. The van der Waals surface area contributed by atoms with Crippen molar-refractivity contribution in [1.29, 1.82) is 0 Å². The third-order valence-corrected chi connectivity index (χ3v) is 3.93. The largest absolute Gasteiger partial charge is 0.465 e. The molecule has 108 valence electrons. The highest BCUT2D eigenvalue weighted by Gasteiger charge is 2.13. The van der Waals surface area contributed by atoms with E-state index in [2.05, 4.69) is 10.8 Å². The van der Waals surface area contributed by atoms with Crippen LogP contribution < -0.4 is 0 Å². The minimum atomic E-state index is -0.335.